The van der Waals surface area contributed by atoms with Crippen molar-refractivity contribution >= 4 is 17.0 Å². The third-order valence-electron chi connectivity index (χ3n) is 3.77. The van der Waals surface area contributed by atoms with E-state index in [0.717, 1.165) is 34.1 Å². The zero-order valence-electron chi connectivity index (χ0n) is 11.4. The minimum Gasteiger partial charge on any atom is -0.447 e. The Kier molecular flexibility index (Phi) is 3.36. The van der Waals surface area contributed by atoms with Crippen molar-refractivity contribution in [2.45, 2.75) is 25.8 Å². The molecule has 1 aromatic carbocycles. The number of aliphatic hydroxyl groups excluding tert-OH is 1. The minimum absolute atomic E-state index is 0.0429. The summed E-state index contributed by atoms with van der Waals surface area (Å²) in [4.78, 5) is 14.4. The SMILES string of the molecule is Cc1[nH]c2ccc(C[C@H]3COC(=O)N3)cc2c1CCO. The van der Waals surface area contributed by atoms with Crippen molar-refractivity contribution in [2.75, 3.05) is 13.2 Å². The number of carbonyl (C=O) groups excluding carboxylic acids is 1. The number of aryl methyl sites for hydroxylation is 1. The molecule has 1 aliphatic rings. The molecule has 3 N–H and O–H groups in total. The molecule has 1 aliphatic heterocycles. The van der Waals surface area contributed by atoms with Gasteiger partial charge in [0.1, 0.15) is 6.61 Å². The van der Waals surface area contributed by atoms with Gasteiger partial charge in [-0.15, -0.1) is 0 Å². The summed E-state index contributed by atoms with van der Waals surface area (Å²) < 4.78 is 4.90. The molecule has 1 amide bonds. The van der Waals surface area contributed by atoms with Crippen LogP contribution >= 0.6 is 0 Å². The van der Waals surface area contributed by atoms with Crippen LogP contribution in [0.15, 0.2) is 18.2 Å². The molecule has 1 saturated heterocycles. The first kappa shape index (κ1) is 13.0. The highest BCUT2D eigenvalue weighted by Crippen LogP contribution is 2.24. The fourth-order valence-electron chi connectivity index (χ4n) is 2.81. The fraction of sp³-hybridized carbons (Fsp3) is 0.400. The lowest BCUT2D eigenvalue weighted by molar-refractivity contribution is 0.177. The zero-order valence-corrected chi connectivity index (χ0v) is 11.4. The molecule has 5 nitrogen and oxygen atoms in total. The number of H-pyrrole nitrogens is 1. The number of cyclic esters (lactones) is 1. The molecular formula is C15H18N2O3. The number of benzene rings is 1. The second kappa shape index (κ2) is 5.17. The van der Waals surface area contributed by atoms with Crippen LogP contribution < -0.4 is 5.32 Å². The van der Waals surface area contributed by atoms with E-state index in [1.807, 2.05) is 6.92 Å². The van der Waals surface area contributed by atoms with Crippen LogP contribution in [0.3, 0.4) is 0 Å². The van der Waals surface area contributed by atoms with Crippen LogP contribution in [0.2, 0.25) is 0 Å². The molecule has 2 heterocycles. The van der Waals surface area contributed by atoms with E-state index in [1.54, 1.807) is 0 Å². The summed E-state index contributed by atoms with van der Waals surface area (Å²) in [5, 5.41) is 13.1. The van der Waals surface area contributed by atoms with E-state index >= 15 is 0 Å². The van der Waals surface area contributed by atoms with Crippen LogP contribution in [-0.4, -0.2) is 35.4 Å². The van der Waals surface area contributed by atoms with Crippen molar-refractivity contribution in [3.8, 4) is 0 Å². The van der Waals surface area contributed by atoms with Gasteiger partial charge in [-0.2, -0.15) is 0 Å². The van der Waals surface area contributed by atoms with Gasteiger partial charge in [-0.1, -0.05) is 6.07 Å². The quantitative estimate of drug-likeness (QED) is 0.794. The Morgan fingerprint density at radius 3 is 3.00 bits per heavy atom. The first-order valence-corrected chi connectivity index (χ1v) is 6.81. The Morgan fingerprint density at radius 1 is 1.45 bits per heavy atom. The van der Waals surface area contributed by atoms with E-state index in [4.69, 9.17) is 4.74 Å². The highest BCUT2D eigenvalue weighted by atomic mass is 16.6. The largest absolute Gasteiger partial charge is 0.447 e. The molecule has 1 atom stereocenters. The lowest BCUT2D eigenvalue weighted by Gasteiger charge is -2.07. The molecule has 2 aromatic rings. The molecule has 1 fully saturated rings. The molecule has 0 aliphatic carbocycles. The van der Waals surface area contributed by atoms with Crippen molar-refractivity contribution in [1.29, 1.82) is 0 Å². The monoisotopic (exact) mass is 274 g/mol. The number of aromatic amines is 1. The predicted molar refractivity (Wildman–Crippen MR) is 75.8 cm³/mol. The predicted octanol–water partition coefficient (Wildman–Crippen LogP) is 1.66. The lowest BCUT2D eigenvalue weighted by atomic mass is 10.0. The van der Waals surface area contributed by atoms with E-state index in [1.165, 1.54) is 0 Å². The van der Waals surface area contributed by atoms with Crippen molar-refractivity contribution in [2.24, 2.45) is 0 Å². The van der Waals surface area contributed by atoms with E-state index in [-0.39, 0.29) is 18.7 Å². The zero-order chi connectivity index (χ0) is 14.1. The van der Waals surface area contributed by atoms with Gasteiger partial charge in [-0.05, 0) is 43.0 Å². The molecule has 1 aromatic heterocycles. The van der Waals surface area contributed by atoms with E-state index in [9.17, 15) is 9.90 Å². The minimum atomic E-state index is -0.338. The summed E-state index contributed by atoms with van der Waals surface area (Å²) in [6.07, 6.45) is 1.07. The van der Waals surface area contributed by atoms with E-state index < -0.39 is 0 Å². The molecular weight excluding hydrogens is 256 g/mol. The number of rotatable bonds is 4. The highest BCUT2D eigenvalue weighted by molar-refractivity contribution is 5.85. The van der Waals surface area contributed by atoms with Crippen LogP contribution in [0, 0.1) is 6.92 Å². The highest BCUT2D eigenvalue weighted by Gasteiger charge is 2.22. The Morgan fingerprint density at radius 2 is 2.30 bits per heavy atom. The van der Waals surface area contributed by atoms with Crippen molar-refractivity contribution in [3.05, 3.63) is 35.0 Å². The Bertz CT molecular complexity index is 648. The number of ether oxygens (including phenoxy) is 1. The number of hydrogen-bond donors (Lipinski definition) is 3. The van der Waals surface area contributed by atoms with Crippen LogP contribution in [-0.2, 0) is 17.6 Å². The number of aliphatic hydroxyl groups is 1. The smallest absolute Gasteiger partial charge is 0.407 e. The van der Waals surface area contributed by atoms with Gasteiger partial charge in [0.05, 0.1) is 6.04 Å². The number of nitrogens with one attached hydrogen (secondary N) is 2. The molecule has 0 radical (unpaired) electrons. The number of amides is 1. The van der Waals surface area contributed by atoms with E-state index in [0.29, 0.717) is 13.0 Å². The third-order valence-corrected chi connectivity index (χ3v) is 3.77. The molecule has 0 saturated carbocycles. The standard InChI is InChI=1S/C15H18N2O3/c1-9-12(4-5-18)13-7-10(2-3-14(13)16-9)6-11-8-20-15(19)17-11/h2-3,7,11,16,18H,4-6,8H2,1H3,(H,17,19)/t11-/m0/s1. The number of carbonyl (C=O) groups is 1. The number of alkyl carbamates (subject to hydrolysis) is 1. The second-order valence-corrected chi connectivity index (χ2v) is 5.23. The van der Waals surface area contributed by atoms with Gasteiger partial charge in [0.25, 0.3) is 0 Å². The summed E-state index contributed by atoms with van der Waals surface area (Å²) in [7, 11) is 0. The molecule has 3 rings (SSSR count). The second-order valence-electron chi connectivity index (χ2n) is 5.23. The first-order chi connectivity index (χ1) is 9.67. The van der Waals surface area contributed by atoms with Crippen molar-refractivity contribution < 1.29 is 14.6 Å². The number of fused-ring (bicyclic) bond motifs is 1. The van der Waals surface area contributed by atoms with Crippen LogP contribution in [0.25, 0.3) is 10.9 Å². The molecule has 5 heteroatoms. The number of aromatic nitrogens is 1. The van der Waals surface area contributed by atoms with Gasteiger partial charge in [-0.3, -0.25) is 0 Å². The first-order valence-electron chi connectivity index (χ1n) is 6.81. The van der Waals surface area contributed by atoms with Crippen molar-refractivity contribution in [1.82, 2.24) is 10.3 Å². The Labute approximate surface area is 116 Å². The van der Waals surface area contributed by atoms with E-state index in [2.05, 4.69) is 28.5 Å². The Balaban J connectivity index is 1.89. The van der Waals surface area contributed by atoms with Gasteiger partial charge in [0.2, 0.25) is 0 Å². The maximum Gasteiger partial charge on any atom is 0.407 e. The molecule has 0 unspecified atom stereocenters. The van der Waals surface area contributed by atoms with Crippen molar-refractivity contribution in [3.63, 3.8) is 0 Å². The maximum atomic E-state index is 11.0. The van der Waals surface area contributed by atoms with Gasteiger partial charge >= 0.3 is 6.09 Å². The summed E-state index contributed by atoms with van der Waals surface area (Å²) >= 11 is 0. The fourth-order valence-corrected chi connectivity index (χ4v) is 2.81. The normalized spacial score (nSPS) is 18.3. The summed E-state index contributed by atoms with van der Waals surface area (Å²) in [5.41, 5.74) is 4.51. The van der Waals surface area contributed by atoms with Gasteiger partial charge in [0, 0.05) is 23.2 Å². The molecule has 0 spiro atoms. The molecule has 106 valence electrons. The van der Waals surface area contributed by atoms with Crippen LogP contribution in [0.1, 0.15) is 16.8 Å². The number of hydrogen-bond acceptors (Lipinski definition) is 3. The van der Waals surface area contributed by atoms with Gasteiger partial charge in [-0.25, -0.2) is 4.79 Å². The Hall–Kier alpha value is -2.01. The summed E-state index contributed by atoms with van der Waals surface area (Å²) in [6, 6.07) is 6.29. The summed E-state index contributed by atoms with van der Waals surface area (Å²) in [6.45, 7) is 2.59. The van der Waals surface area contributed by atoms with Gasteiger partial charge in [0.15, 0.2) is 0 Å². The molecule has 0 bridgehead atoms. The topological polar surface area (TPSA) is 74.4 Å². The average molecular weight is 274 g/mol. The lowest BCUT2D eigenvalue weighted by Crippen LogP contribution is -2.28. The van der Waals surface area contributed by atoms with Gasteiger partial charge < -0.3 is 20.1 Å². The molecule has 20 heavy (non-hydrogen) atoms. The maximum absolute atomic E-state index is 11.0. The van der Waals surface area contributed by atoms with Crippen LogP contribution in [0.4, 0.5) is 4.79 Å². The third kappa shape index (κ3) is 2.36. The van der Waals surface area contributed by atoms with Crippen LogP contribution in [0.5, 0.6) is 0 Å². The summed E-state index contributed by atoms with van der Waals surface area (Å²) in [5.74, 6) is 0. The average Bonchev–Trinajstić information content (AvgIpc) is 2.95.